The number of urea groups is 1. The van der Waals surface area contributed by atoms with Crippen molar-refractivity contribution in [1.29, 1.82) is 0 Å². The topological polar surface area (TPSA) is 63.2 Å². The van der Waals surface area contributed by atoms with E-state index >= 15 is 0 Å². The summed E-state index contributed by atoms with van der Waals surface area (Å²) >= 11 is 0. The van der Waals surface area contributed by atoms with Gasteiger partial charge in [-0.3, -0.25) is 4.98 Å². The Morgan fingerprint density at radius 3 is 2.47 bits per heavy atom. The van der Waals surface area contributed by atoms with Crippen LogP contribution in [-0.2, 0) is 6.42 Å². The number of benzene rings is 2. The highest BCUT2D eigenvalue weighted by Gasteiger charge is 2.19. The fourth-order valence-electron chi connectivity index (χ4n) is 3.07. The summed E-state index contributed by atoms with van der Waals surface area (Å²) in [6, 6.07) is 17.2. The lowest BCUT2D eigenvalue weighted by molar-refractivity contribution is -0.0493. The summed E-state index contributed by atoms with van der Waals surface area (Å²) in [5.74, 6) is -0.0897. The molecule has 2 N–H and O–H groups in total. The van der Waals surface area contributed by atoms with Gasteiger partial charge in [0.05, 0.1) is 17.4 Å². The van der Waals surface area contributed by atoms with Gasteiger partial charge in [0, 0.05) is 6.20 Å². The van der Waals surface area contributed by atoms with Crippen LogP contribution in [0.2, 0.25) is 0 Å². The largest absolute Gasteiger partial charge is 0.433 e. The highest BCUT2D eigenvalue weighted by molar-refractivity contribution is 5.92. The number of halogens is 2. The van der Waals surface area contributed by atoms with Crippen LogP contribution >= 0.6 is 0 Å². The number of carbonyl (C=O) groups excluding carboxylic acids is 1. The molecule has 5 nitrogen and oxygen atoms in total. The van der Waals surface area contributed by atoms with E-state index in [9.17, 15) is 13.6 Å². The molecule has 1 atom stereocenters. The van der Waals surface area contributed by atoms with E-state index in [1.807, 2.05) is 43.3 Å². The van der Waals surface area contributed by atoms with Crippen molar-refractivity contribution in [2.75, 3.05) is 5.32 Å². The second kappa shape index (κ2) is 9.82. The van der Waals surface area contributed by atoms with Gasteiger partial charge in [-0.15, -0.1) is 0 Å². The smallest absolute Gasteiger partial charge is 0.387 e. The highest BCUT2D eigenvalue weighted by atomic mass is 19.3. The van der Waals surface area contributed by atoms with E-state index in [1.54, 1.807) is 31.3 Å². The Morgan fingerprint density at radius 1 is 1.03 bits per heavy atom. The molecule has 0 aliphatic rings. The van der Waals surface area contributed by atoms with Crippen LogP contribution in [0.1, 0.15) is 28.4 Å². The number of carbonyl (C=O) groups is 1. The van der Waals surface area contributed by atoms with Crippen molar-refractivity contribution in [1.82, 2.24) is 10.3 Å². The first-order valence-corrected chi connectivity index (χ1v) is 9.51. The minimum atomic E-state index is -2.99. The summed E-state index contributed by atoms with van der Waals surface area (Å²) in [5, 5.41) is 5.54. The van der Waals surface area contributed by atoms with Crippen LogP contribution < -0.4 is 15.4 Å². The maximum atomic E-state index is 12.7. The Morgan fingerprint density at radius 2 is 1.80 bits per heavy atom. The number of rotatable bonds is 7. The van der Waals surface area contributed by atoms with Gasteiger partial charge in [0.15, 0.2) is 0 Å². The van der Waals surface area contributed by atoms with Gasteiger partial charge in [-0.1, -0.05) is 48.0 Å². The van der Waals surface area contributed by atoms with E-state index < -0.39 is 18.7 Å². The van der Waals surface area contributed by atoms with Gasteiger partial charge < -0.3 is 15.4 Å². The van der Waals surface area contributed by atoms with Gasteiger partial charge in [-0.2, -0.15) is 8.78 Å². The van der Waals surface area contributed by atoms with Crippen molar-refractivity contribution in [2.45, 2.75) is 32.9 Å². The molecular weight excluding hydrogens is 388 g/mol. The molecule has 0 saturated heterocycles. The van der Waals surface area contributed by atoms with Crippen LogP contribution in [0.3, 0.4) is 0 Å². The third kappa shape index (κ3) is 5.76. The summed E-state index contributed by atoms with van der Waals surface area (Å²) in [6.45, 7) is 0.724. The zero-order chi connectivity index (χ0) is 21.5. The van der Waals surface area contributed by atoms with Crippen molar-refractivity contribution in [3.63, 3.8) is 0 Å². The number of alkyl halides is 2. The summed E-state index contributed by atoms with van der Waals surface area (Å²) in [6.07, 6.45) is 2.19. The SMILES string of the molecule is Cc1ccc(CC(NC(=O)Nc2c(C)cccc2OC(F)F)c2ccccn2)cc1. The molecule has 0 saturated carbocycles. The molecule has 2 aromatic carbocycles. The monoisotopic (exact) mass is 411 g/mol. The van der Waals surface area contributed by atoms with Crippen molar-refractivity contribution < 1.29 is 18.3 Å². The lowest BCUT2D eigenvalue weighted by Gasteiger charge is -2.20. The third-order valence-electron chi connectivity index (χ3n) is 4.60. The molecule has 7 heteroatoms. The molecule has 2 amide bonds. The molecule has 0 fully saturated rings. The molecular formula is C23H23F2N3O2. The first kappa shape index (κ1) is 21.2. The molecule has 30 heavy (non-hydrogen) atoms. The first-order valence-electron chi connectivity index (χ1n) is 9.51. The summed E-state index contributed by atoms with van der Waals surface area (Å²) in [4.78, 5) is 17.1. The van der Waals surface area contributed by atoms with Gasteiger partial charge in [-0.05, 0) is 49.6 Å². The van der Waals surface area contributed by atoms with E-state index in [0.29, 0.717) is 17.7 Å². The van der Waals surface area contributed by atoms with Crippen LogP contribution in [0.15, 0.2) is 66.9 Å². The van der Waals surface area contributed by atoms with Crippen molar-refractivity contribution in [3.05, 3.63) is 89.2 Å². The quantitative estimate of drug-likeness (QED) is 0.547. The van der Waals surface area contributed by atoms with Crippen LogP contribution in [0.5, 0.6) is 5.75 Å². The standard InChI is InChI=1S/C23H23F2N3O2/c1-15-9-11-17(12-10-15)14-19(18-7-3-4-13-26-18)27-23(29)28-21-16(2)6-5-8-20(21)30-22(24)25/h3-13,19,22H,14H2,1-2H3,(H2,27,28,29). The minimum absolute atomic E-state index is 0.0897. The van der Waals surface area contributed by atoms with Gasteiger partial charge in [0.25, 0.3) is 0 Å². The second-order valence-electron chi connectivity index (χ2n) is 6.92. The Hall–Kier alpha value is -3.48. The Labute approximate surface area is 174 Å². The number of hydrogen-bond acceptors (Lipinski definition) is 3. The van der Waals surface area contributed by atoms with E-state index in [2.05, 4.69) is 20.4 Å². The predicted octanol–water partition coefficient (Wildman–Crippen LogP) is 5.41. The maximum absolute atomic E-state index is 12.7. The van der Waals surface area contributed by atoms with Gasteiger partial charge in [0.2, 0.25) is 0 Å². The Balaban J connectivity index is 1.79. The van der Waals surface area contributed by atoms with Crippen molar-refractivity contribution in [2.24, 2.45) is 0 Å². The lowest BCUT2D eigenvalue weighted by Crippen LogP contribution is -2.34. The van der Waals surface area contributed by atoms with Gasteiger partial charge in [-0.25, -0.2) is 4.79 Å². The van der Waals surface area contributed by atoms with E-state index in [4.69, 9.17) is 0 Å². The summed E-state index contributed by atoms with van der Waals surface area (Å²) in [5.41, 5.74) is 3.68. The average molecular weight is 411 g/mol. The number of hydrogen-bond donors (Lipinski definition) is 2. The van der Waals surface area contributed by atoms with Crippen LogP contribution in [0.25, 0.3) is 0 Å². The molecule has 3 aromatic rings. The highest BCUT2D eigenvalue weighted by Crippen LogP contribution is 2.29. The number of amides is 2. The molecule has 1 aromatic heterocycles. The minimum Gasteiger partial charge on any atom is -0.433 e. The predicted molar refractivity (Wildman–Crippen MR) is 112 cm³/mol. The first-order chi connectivity index (χ1) is 14.4. The van der Waals surface area contributed by atoms with Crippen LogP contribution in [-0.4, -0.2) is 17.6 Å². The zero-order valence-electron chi connectivity index (χ0n) is 16.7. The molecule has 0 bridgehead atoms. The molecule has 1 unspecified atom stereocenters. The fraction of sp³-hybridized carbons (Fsp3) is 0.217. The number of pyridine rings is 1. The molecule has 156 valence electrons. The number of anilines is 1. The van der Waals surface area contributed by atoms with Crippen molar-refractivity contribution in [3.8, 4) is 5.75 Å². The number of para-hydroxylation sites is 1. The lowest BCUT2D eigenvalue weighted by atomic mass is 10.0. The summed E-state index contributed by atoms with van der Waals surface area (Å²) in [7, 11) is 0. The molecule has 0 spiro atoms. The third-order valence-corrected chi connectivity index (χ3v) is 4.60. The molecule has 0 radical (unpaired) electrons. The second-order valence-corrected chi connectivity index (χ2v) is 6.92. The van der Waals surface area contributed by atoms with Crippen LogP contribution in [0.4, 0.5) is 19.3 Å². The van der Waals surface area contributed by atoms with Gasteiger partial charge in [0.1, 0.15) is 5.75 Å². The number of nitrogens with zero attached hydrogens (tertiary/aromatic N) is 1. The number of aromatic nitrogens is 1. The average Bonchev–Trinajstić information content (AvgIpc) is 2.72. The van der Waals surface area contributed by atoms with E-state index in [0.717, 1.165) is 11.1 Å². The number of aryl methyl sites for hydroxylation is 2. The maximum Gasteiger partial charge on any atom is 0.387 e. The fourth-order valence-corrected chi connectivity index (χ4v) is 3.07. The molecule has 3 rings (SSSR count). The van der Waals surface area contributed by atoms with E-state index in [-0.39, 0.29) is 11.4 Å². The van der Waals surface area contributed by atoms with Crippen molar-refractivity contribution >= 4 is 11.7 Å². The molecule has 0 aliphatic carbocycles. The Kier molecular flexibility index (Phi) is 6.95. The normalized spacial score (nSPS) is 11.8. The van der Waals surface area contributed by atoms with Gasteiger partial charge >= 0.3 is 12.6 Å². The Bertz CT molecular complexity index is 979. The van der Waals surface area contributed by atoms with E-state index in [1.165, 1.54) is 6.07 Å². The summed E-state index contributed by atoms with van der Waals surface area (Å²) < 4.78 is 30.0. The molecule has 1 heterocycles. The molecule has 0 aliphatic heterocycles. The zero-order valence-corrected chi connectivity index (χ0v) is 16.7. The number of nitrogens with one attached hydrogen (secondary N) is 2. The number of ether oxygens (including phenoxy) is 1. The van der Waals surface area contributed by atoms with Crippen LogP contribution in [0, 0.1) is 13.8 Å².